The highest BCUT2D eigenvalue weighted by Crippen LogP contribution is 2.15. The van der Waals surface area contributed by atoms with Crippen molar-refractivity contribution in [3.05, 3.63) is 29.8 Å². The summed E-state index contributed by atoms with van der Waals surface area (Å²) in [5.74, 6) is 0. The van der Waals surface area contributed by atoms with Crippen molar-refractivity contribution in [2.45, 2.75) is 19.3 Å². The summed E-state index contributed by atoms with van der Waals surface area (Å²) in [5, 5.41) is 12.0. The number of likely N-dealkylation sites (tertiary alicyclic amines) is 1. The number of nitrogens with one attached hydrogen (secondary N) is 1. The molecule has 2 heterocycles. The minimum absolute atomic E-state index is 0.0275. The number of carbonyl (C=O) groups excluding carboxylic acids is 1. The van der Waals surface area contributed by atoms with Gasteiger partial charge >= 0.3 is 6.03 Å². The molecule has 0 aliphatic carbocycles. The van der Waals surface area contributed by atoms with Crippen molar-refractivity contribution >= 4 is 11.7 Å². The van der Waals surface area contributed by atoms with Crippen molar-refractivity contribution < 1.29 is 9.90 Å². The van der Waals surface area contributed by atoms with Crippen LogP contribution in [0.4, 0.5) is 10.5 Å². The van der Waals surface area contributed by atoms with Crippen LogP contribution in [0.2, 0.25) is 0 Å². The van der Waals surface area contributed by atoms with Crippen molar-refractivity contribution in [2.24, 2.45) is 0 Å². The maximum absolute atomic E-state index is 12.4. The monoisotopic (exact) mass is 346 g/mol. The smallest absolute Gasteiger partial charge is 0.321 e. The molecule has 2 N–H and O–H groups in total. The minimum Gasteiger partial charge on any atom is -0.395 e. The average Bonchev–Trinajstić information content (AvgIpc) is 3.15. The maximum Gasteiger partial charge on any atom is 0.321 e. The molecule has 0 atom stereocenters. The van der Waals surface area contributed by atoms with E-state index in [9.17, 15) is 4.79 Å². The highest BCUT2D eigenvalue weighted by molar-refractivity contribution is 5.89. The number of carbonyl (C=O) groups is 1. The van der Waals surface area contributed by atoms with E-state index >= 15 is 0 Å². The molecule has 2 aliphatic rings. The summed E-state index contributed by atoms with van der Waals surface area (Å²) < 4.78 is 0. The van der Waals surface area contributed by atoms with Crippen molar-refractivity contribution in [1.29, 1.82) is 0 Å². The lowest BCUT2D eigenvalue weighted by Gasteiger charge is -2.34. The van der Waals surface area contributed by atoms with E-state index in [1.807, 2.05) is 17.0 Å². The lowest BCUT2D eigenvalue weighted by molar-refractivity contribution is 0.127. The minimum atomic E-state index is -0.0275. The number of aliphatic hydroxyl groups is 1. The van der Waals surface area contributed by atoms with Gasteiger partial charge in [0, 0.05) is 45.0 Å². The Kier molecular flexibility index (Phi) is 6.67. The van der Waals surface area contributed by atoms with Gasteiger partial charge in [-0.2, -0.15) is 0 Å². The molecule has 1 aromatic rings. The number of benzene rings is 1. The molecule has 2 amide bonds. The van der Waals surface area contributed by atoms with Gasteiger partial charge in [0.25, 0.3) is 0 Å². The predicted octanol–water partition coefficient (Wildman–Crippen LogP) is 1.47. The molecule has 2 fully saturated rings. The maximum atomic E-state index is 12.4. The Morgan fingerprint density at radius 3 is 2.44 bits per heavy atom. The molecule has 0 radical (unpaired) electrons. The first-order valence-corrected chi connectivity index (χ1v) is 9.45. The van der Waals surface area contributed by atoms with E-state index in [2.05, 4.69) is 27.2 Å². The van der Waals surface area contributed by atoms with Crippen molar-refractivity contribution in [3.8, 4) is 0 Å². The lowest BCUT2D eigenvalue weighted by atomic mass is 10.1. The first-order valence-electron chi connectivity index (χ1n) is 9.45. The van der Waals surface area contributed by atoms with Gasteiger partial charge in [-0.3, -0.25) is 4.90 Å². The van der Waals surface area contributed by atoms with Crippen molar-refractivity contribution in [1.82, 2.24) is 14.7 Å². The van der Waals surface area contributed by atoms with Gasteiger partial charge in [0.15, 0.2) is 0 Å². The molecule has 25 heavy (non-hydrogen) atoms. The van der Waals surface area contributed by atoms with E-state index in [1.165, 1.54) is 31.5 Å². The highest BCUT2D eigenvalue weighted by Gasteiger charge is 2.20. The number of anilines is 1. The summed E-state index contributed by atoms with van der Waals surface area (Å²) in [6, 6.07) is 8.18. The Morgan fingerprint density at radius 1 is 1.00 bits per heavy atom. The predicted molar refractivity (Wildman–Crippen MR) is 99.9 cm³/mol. The van der Waals surface area contributed by atoms with Gasteiger partial charge in [-0.1, -0.05) is 12.1 Å². The zero-order valence-electron chi connectivity index (χ0n) is 15.0. The Morgan fingerprint density at radius 2 is 1.72 bits per heavy atom. The molecular weight excluding hydrogens is 316 g/mol. The van der Waals surface area contributed by atoms with Gasteiger partial charge in [-0.05, 0) is 50.0 Å². The van der Waals surface area contributed by atoms with E-state index in [0.29, 0.717) is 19.6 Å². The number of rotatable bonds is 6. The Hall–Kier alpha value is -1.63. The van der Waals surface area contributed by atoms with Crippen LogP contribution in [0.1, 0.15) is 18.4 Å². The van der Waals surface area contributed by atoms with E-state index in [0.717, 1.165) is 31.7 Å². The first kappa shape index (κ1) is 18.2. The zero-order valence-corrected chi connectivity index (χ0v) is 15.0. The van der Waals surface area contributed by atoms with Crippen LogP contribution in [-0.2, 0) is 6.42 Å². The number of amides is 2. The lowest BCUT2D eigenvalue weighted by Crippen LogP contribution is -2.50. The summed E-state index contributed by atoms with van der Waals surface area (Å²) in [6.07, 6.45) is 3.67. The average molecular weight is 346 g/mol. The second kappa shape index (κ2) is 9.17. The zero-order chi connectivity index (χ0) is 17.5. The molecule has 0 spiro atoms. The molecule has 2 aliphatic heterocycles. The fourth-order valence-electron chi connectivity index (χ4n) is 3.62. The molecule has 138 valence electrons. The number of β-amino-alcohol motifs (C(OH)–C–C–N with tert-alkyl or cyclic N) is 1. The van der Waals surface area contributed by atoms with Crippen LogP contribution < -0.4 is 5.32 Å². The van der Waals surface area contributed by atoms with Crippen LogP contribution in [0.5, 0.6) is 0 Å². The quantitative estimate of drug-likeness (QED) is 0.819. The number of aliphatic hydroxyl groups excluding tert-OH is 1. The fourth-order valence-corrected chi connectivity index (χ4v) is 3.62. The molecule has 0 bridgehead atoms. The van der Waals surface area contributed by atoms with Gasteiger partial charge in [-0.25, -0.2) is 4.79 Å². The summed E-state index contributed by atoms with van der Waals surface area (Å²) in [5.41, 5.74) is 2.15. The molecule has 0 saturated carbocycles. The topological polar surface area (TPSA) is 59.1 Å². The van der Waals surface area contributed by atoms with Gasteiger partial charge in [0.05, 0.1) is 6.61 Å². The molecule has 6 nitrogen and oxygen atoms in total. The van der Waals surface area contributed by atoms with Crippen LogP contribution in [-0.4, -0.2) is 84.8 Å². The van der Waals surface area contributed by atoms with Gasteiger partial charge < -0.3 is 20.2 Å². The van der Waals surface area contributed by atoms with E-state index < -0.39 is 0 Å². The largest absolute Gasteiger partial charge is 0.395 e. The fraction of sp³-hybridized carbons (Fsp3) is 0.632. The van der Waals surface area contributed by atoms with Crippen molar-refractivity contribution in [2.75, 3.05) is 64.3 Å². The summed E-state index contributed by atoms with van der Waals surface area (Å²) in [6.45, 7) is 7.47. The Labute approximate surface area is 150 Å². The third-order valence-electron chi connectivity index (χ3n) is 5.17. The second-order valence-corrected chi connectivity index (χ2v) is 6.98. The molecule has 6 heteroatoms. The SMILES string of the molecule is O=C(Nc1cccc(CCN2CCCC2)c1)N1CCN(CCO)CC1. The molecule has 0 aromatic heterocycles. The Balaban J connectivity index is 1.47. The molecular formula is C19H30N4O2. The normalized spacial score (nSPS) is 19.3. The number of hydrogen-bond acceptors (Lipinski definition) is 4. The second-order valence-electron chi connectivity index (χ2n) is 6.98. The van der Waals surface area contributed by atoms with Crippen LogP contribution in [0.25, 0.3) is 0 Å². The third kappa shape index (κ3) is 5.42. The Bertz CT molecular complexity index is 552. The van der Waals surface area contributed by atoms with Crippen LogP contribution in [0, 0.1) is 0 Å². The summed E-state index contributed by atoms with van der Waals surface area (Å²) in [4.78, 5) is 19.0. The van der Waals surface area contributed by atoms with E-state index in [4.69, 9.17) is 5.11 Å². The number of piperazine rings is 1. The van der Waals surface area contributed by atoms with Crippen LogP contribution in [0.15, 0.2) is 24.3 Å². The van der Waals surface area contributed by atoms with Gasteiger partial charge in [-0.15, -0.1) is 0 Å². The standard InChI is InChI=1S/C19H30N4O2/c24-15-14-22-10-12-23(13-11-22)19(25)20-18-5-3-4-17(16-18)6-9-21-7-1-2-8-21/h3-5,16,24H,1-2,6-15H2,(H,20,25). The molecule has 2 saturated heterocycles. The van der Waals surface area contributed by atoms with E-state index in [-0.39, 0.29) is 12.6 Å². The highest BCUT2D eigenvalue weighted by atomic mass is 16.3. The number of nitrogens with zero attached hydrogens (tertiary/aromatic N) is 3. The summed E-state index contributed by atoms with van der Waals surface area (Å²) in [7, 11) is 0. The number of urea groups is 1. The van der Waals surface area contributed by atoms with Gasteiger partial charge in [0.1, 0.15) is 0 Å². The van der Waals surface area contributed by atoms with Crippen LogP contribution >= 0.6 is 0 Å². The van der Waals surface area contributed by atoms with E-state index in [1.54, 1.807) is 0 Å². The van der Waals surface area contributed by atoms with Crippen molar-refractivity contribution in [3.63, 3.8) is 0 Å². The first-order chi connectivity index (χ1) is 12.2. The molecule has 0 unspecified atom stereocenters. The number of hydrogen-bond donors (Lipinski definition) is 2. The summed E-state index contributed by atoms with van der Waals surface area (Å²) >= 11 is 0. The van der Waals surface area contributed by atoms with Crippen LogP contribution in [0.3, 0.4) is 0 Å². The third-order valence-corrected chi connectivity index (χ3v) is 5.17. The van der Waals surface area contributed by atoms with Gasteiger partial charge in [0.2, 0.25) is 0 Å². The molecule has 3 rings (SSSR count). The molecule has 1 aromatic carbocycles.